The van der Waals surface area contributed by atoms with E-state index in [-0.39, 0.29) is 103 Å². The summed E-state index contributed by atoms with van der Waals surface area (Å²) in [7, 11) is 1.60. The number of para-hydroxylation sites is 1. The number of methoxy groups -OCH3 is 1. The maximum Gasteiger partial charge on any atom is 0.317 e. The number of hydrogen-bond donors (Lipinski definition) is 5. The molecule has 0 atom stereocenters. The quantitative estimate of drug-likeness (QED) is 0.0742. The molecule has 5 rings (SSSR count). The van der Waals surface area contributed by atoms with E-state index in [4.69, 9.17) is 14.2 Å². The zero-order valence-electron chi connectivity index (χ0n) is 38.2. The van der Waals surface area contributed by atoms with Gasteiger partial charge in [-0.05, 0) is 18.1 Å². The van der Waals surface area contributed by atoms with Crippen molar-refractivity contribution in [2.24, 2.45) is 0 Å². The lowest BCUT2D eigenvalue weighted by molar-refractivity contribution is -0.140. The fourth-order valence-electron chi connectivity index (χ4n) is 7.86. The molecule has 3 amide bonds. The highest BCUT2D eigenvalue weighted by Crippen LogP contribution is 2.41. The summed E-state index contributed by atoms with van der Waals surface area (Å²) in [6.45, 7) is 4.73. The minimum Gasteiger partial charge on any atom is -0.480 e. The number of aryl methyl sites for hydroxylation is 1. The molecule has 1 fully saturated rings. The lowest BCUT2D eigenvalue weighted by Crippen LogP contribution is -2.49. The number of carbonyl (C=O) groups excluding carboxylic acids is 3. The molecule has 0 saturated carbocycles. The maximum absolute atomic E-state index is 13.9. The van der Waals surface area contributed by atoms with Crippen molar-refractivity contribution in [1.82, 2.24) is 45.2 Å². The number of fused-ring (bicyclic) bond motifs is 5. The van der Waals surface area contributed by atoms with Crippen LogP contribution in [0.15, 0.2) is 48.5 Å². The normalized spacial score (nSPS) is 15.4. The summed E-state index contributed by atoms with van der Waals surface area (Å²) in [6, 6.07) is 15.3. The number of ether oxygens (including phenoxy) is 3. The molecule has 1 aromatic heterocycles. The number of anilines is 1. The van der Waals surface area contributed by atoms with Gasteiger partial charge in [0.25, 0.3) is 0 Å². The standard InChI is InChI=1S/C45H64N10O12/c1-65-25-26-67-28-27-66-24-12-38(56)47-14-11-40(58)54-29-34-7-2-3-8-35(34)45-44(36-9-4-5-10-37(36)54)48-49-55(45)15-6-13-46-39(57)30-50-16-18-51(31-41(59)60)20-22-53(33-43(63)64)23-21-52(19-17-50)32-42(61)62/h2-5,7-10H,6,11-33H2,1H3,(H,46,57)(H,47,56)(H,59,60)(H,61,62)(H,63,64). The van der Waals surface area contributed by atoms with Crippen molar-refractivity contribution in [3.63, 3.8) is 0 Å². The Morgan fingerprint density at radius 2 is 1.13 bits per heavy atom. The van der Waals surface area contributed by atoms with Gasteiger partial charge in [-0.25, -0.2) is 4.68 Å². The topological polar surface area (TPSA) is 262 Å². The number of aromatic nitrogens is 3. The van der Waals surface area contributed by atoms with E-state index in [9.17, 15) is 44.1 Å². The molecule has 5 N–H and O–H groups in total. The molecule has 22 heteroatoms. The molecule has 0 unspecified atom stereocenters. The van der Waals surface area contributed by atoms with Crippen molar-refractivity contribution in [2.45, 2.75) is 32.4 Å². The van der Waals surface area contributed by atoms with E-state index in [1.807, 2.05) is 58.1 Å². The van der Waals surface area contributed by atoms with E-state index in [1.165, 1.54) is 0 Å². The molecule has 2 aliphatic rings. The first-order valence-electron chi connectivity index (χ1n) is 22.6. The number of amides is 3. The van der Waals surface area contributed by atoms with Crippen LogP contribution in [0, 0.1) is 0 Å². The minimum absolute atomic E-state index is 0.00108. The van der Waals surface area contributed by atoms with Crippen molar-refractivity contribution in [3.05, 3.63) is 54.1 Å². The molecule has 2 aliphatic heterocycles. The second-order valence-electron chi connectivity index (χ2n) is 16.2. The SMILES string of the molecule is COCCOCCOCCC(=O)NCCC(=O)N1Cc2ccccc2-c2c(nnn2CCCNC(=O)CN2CCN(CC(=O)O)CCN(CC(=O)O)CCN(CC(=O)O)CC2)-c2ccccc21. The van der Waals surface area contributed by atoms with Crippen LogP contribution in [0.1, 0.15) is 24.8 Å². The number of carboxylic acid groups (broad SMARTS) is 3. The lowest BCUT2D eigenvalue weighted by atomic mass is 9.95. The zero-order chi connectivity index (χ0) is 48.0. The van der Waals surface area contributed by atoms with E-state index in [1.54, 1.807) is 26.7 Å². The molecule has 2 aromatic carbocycles. The molecule has 3 aromatic rings. The largest absolute Gasteiger partial charge is 0.480 e. The predicted octanol–water partition coefficient (Wildman–Crippen LogP) is 0.0164. The molecule has 22 nitrogen and oxygen atoms in total. The summed E-state index contributed by atoms with van der Waals surface area (Å²) >= 11 is 0. The molecule has 366 valence electrons. The monoisotopic (exact) mass is 936 g/mol. The van der Waals surface area contributed by atoms with Gasteiger partial charge in [0.1, 0.15) is 5.69 Å². The van der Waals surface area contributed by atoms with E-state index in [0.717, 1.165) is 22.4 Å². The Morgan fingerprint density at radius 1 is 0.612 bits per heavy atom. The van der Waals surface area contributed by atoms with Crippen LogP contribution in [0.2, 0.25) is 0 Å². The van der Waals surface area contributed by atoms with Crippen LogP contribution in [0.3, 0.4) is 0 Å². The molecule has 3 heterocycles. The smallest absolute Gasteiger partial charge is 0.317 e. The van der Waals surface area contributed by atoms with Gasteiger partial charge in [0.2, 0.25) is 17.7 Å². The Morgan fingerprint density at radius 3 is 1.73 bits per heavy atom. The number of nitrogens with one attached hydrogen (secondary N) is 2. The number of rotatable bonds is 24. The van der Waals surface area contributed by atoms with Crippen molar-refractivity contribution >= 4 is 41.3 Å². The van der Waals surface area contributed by atoms with Gasteiger partial charge in [0.15, 0.2) is 0 Å². The highest BCUT2D eigenvalue weighted by molar-refractivity contribution is 6.00. The van der Waals surface area contributed by atoms with Gasteiger partial charge in [-0.2, -0.15) is 0 Å². The van der Waals surface area contributed by atoms with Crippen LogP contribution in [0.4, 0.5) is 5.69 Å². The van der Waals surface area contributed by atoms with Crippen LogP contribution in [0.25, 0.3) is 22.5 Å². The number of carbonyl (C=O) groups is 6. The average molecular weight is 937 g/mol. The van der Waals surface area contributed by atoms with Crippen LogP contribution in [-0.2, 0) is 56.1 Å². The summed E-state index contributed by atoms with van der Waals surface area (Å²) in [5.41, 5.74) is 4.49. The Labute approximate surface area is 389 Å². The van der Waals surface area contributed by atoms with E-state index in [0.29, 0.717) is 83.5 Å². The number of aliphatic carboxylic acids is 3. The number of benzene rings is 2. The summed E-state index contributed by atoms with van der Waals surface area (Å²) in [5.74, 6) is -3.73. The van der Waals surface area contributed by atoms with Gasteiger partial charge in [-0.15, -0.1) is 5.10 Å². The Hall–Kier alpha value is -5.88. The highest BCUT2D eigenvalue weighted by atomic mass is 16.5. The van der Waals surface area contributed by atoms with Crippen molar-refractivity contribution in [1.29, 1.82) is 0 Å². The third-order valence-corrected chi connectivity index (χ3v) is 11.3. The molecular formula is C45H64N10O12. The third kappa shape index (κ3) is 17.4. The van der Waals surface area contributed by atoms with Crippen LogP contribution in [0.5, 0.6) is 0 Å². The second-order valence-corrected chi connectivity index (χ2v) is 16.2. The minimum atomic E-state index is -1.03. The van der Waals surface area contributed by atoms with Gasteiger partial charge >= 0.3 is 17.9 Å². The van der Waals surface area contributed by atoms with Gasteiger partial charge in [-0.3, -0.25) is 48.4 Å². The maximum atomic E-state index is 13.9. The van der Waals surface area contributed by atoms with E-state index >= 15 is 0 Å². The summed E-state index contributed by atoms with van der Waals surface area (Å²) in [6.07, 6.45) is 0.729. The first-order valence-corrected chi connectivity index (χ1v) is 22.6. The second kappa shape index (κ2) is 27.7. The lowest BCUT2D eigenvalue weighted by Gasteiger charge is -2.32. The van der Waals surface area contributed by atoms with Crippen LogP contribution in [-0.4, -0.2) is 217 Å². The molecule has 1 saturated heterocycles. The van der Waals surface area contributed by atoms with Crippen LogP contribution < -0.4 is 15.5 Å². The molecule has 67 heavy (non-hydrogen) atoms. The third-order valence-electron chi connectivity index (χ3n) is 11.3. The first-order chi connectivity index (χ1) is 32.4. The zero-order valence-corrected chi connectivity index (χ0v) is 38.2. The Kier molecular flexibility index (Phi) is 21.5. The van der Waals surface area contributed by atoms with E-state index < -0.39 is 17.9 Å². The van der Waals surface area contributed by atoms with Crippen molar-refractivity contribution in [2.75, 3.05) is 137 Å². The van der Waals surface area contributed by atoms with Crippen LogP contribution >= 0.6 is 0 Å². The fourth-order valence-corrected chi connectivity index (χ4v) is 7.86. The molecule has 0 spiro atoms. The molecule has 0 aliphatic carbocycles. The number of carboxylic acids is 3. The van der Waals surface area contributed by atoms with Crippen molar-refractivity contribution < 1.29 is 58.3 Å². The Bertz CT molecular complexity index is 2070. The fraction of sp³-hybridized carbons (Fsp3) is 0.556. The highest BCUT2D eigenvalue weighted by Gasteiger charge is 2.29. The first kappa shape index (κ1) is 52.1. The molecular weight excluding hydrogens is 873 g/mol. The summed E-state index contributed by atoms with van der Waals surface area (Å²) < 4.78 is 17.6. The van der Waals surface area contributed by atoms with E-state index in [2.05, 4.69) is 20.9 Å². The van der Waals surface area contributed by atoms with Gasteiger partial charge in [-0.1, -0.05) is 47.7 Å². The number of hydrogen-bond acceptors (Lipinski definition) is 15. The average Bonchev–Trinajstić information content (AvgIpc) is 3.70. The van der Waals surface area contributed by atoms with Crippen molar-refractivity contribution in [3.8, 4) is 22.5 Å². The summed E-state index contributed by atoms with van der Waals surface area (Å²) in [5, 5.41) is 43.5. The molecule has 0 bridgehead atoms. The van der Waals surface area contributed by atoms with Gasteiger partial charge in [0, 0.05) is 103 Å². The van der Waals surface area contributed by atoms with Gasteiger partial charge in [0.05, 0.1) is 77.1 Å². The van der Waals surface area contributed by atoms with Gasteiger partial charge < -0.3 is 45.1 Å². The molecule has 0 radical (unpaired) electrons. The summed E-state index contributed by atoms with van der Waals surface area (Å²) in [4.78, 5) is 83.3. The Balaban J connectivity index is 1.19. The number of nitrogens with zero attached hydrogens (tertiary/aromatic N) is 8. The predicted molar refractivity (Wildman–Crippen MR) is 244 cm³/mol.